The minimum absolute atomic E-state index is 0.0697. The van der Waals surface area contributed by atoms with Crippen LogP contribution in [0.5, 0.6) is 0 Å². The number of oxazole rings is 1. The van der Waals surface area contributed by atoms with E-state index in [0.29, 0.717) is 25.4 Å². The normalized spacial score (nSPS) is 14.5. The maximum absolute atomic E-state index is 12.7. The molecule has 0 aliphatic carbocycles. The van der Waals surface area contributed by atoms with Gasteiger partial charge in [0.1, 0.15) is 12.3 Å². The zero-order chi connectivity index (χ0) is 18.0. The van der Waals surface area contributed by atoms with Crippen molar-refractivity contribution in [1.29, 1.82) is 0 Å². The molecule has 3 rings (SSSR count). The second kappa shape index (κ2) is 7.09. The smallest absolute Gasteiger partial charge is 0.276 e. The largest absolute Gasteiger partial charge is 0.446 e. The van der Waals surface area contributed by atoms with Crippen molar-refractivity contribution in [2.45, 2.75) is 46.3 Å². The summed E-state index contributed by atoms with van der Waals surface area (Å²) < 4.78 is 5.52. The zero-order valence-electron chi connectivity index (χ0n) is 14.8. The maximum atomic E-state index is 12.7. The number of aromatic nitrogens is 1. The fourth-order valence-corrected chi connectivity index (χ4v) is 2.96. The van der Waals surface area contributed by atoms with E-state index in [1.165, 1.54) is 6.26 Å². The second-order valence-corrected chi connectivity index (χ2v) is 6.64. The van der Waals surface area contributed by atoms with Crippen molar-refractivity contribution in [2.24, 2.45) is 5.92 Å². The monoisotopic (exact) mass is 341 g/mol. The number of amides is 2. The number of carbonyl (C=O) groups excluding carboxylic acids is 2. The van der Waals surface area contributed by atoms with E-state index in [-0.39, 0.29) is 29.5 Å². The van der Waals surface area contributed by atoms with Gasteiger partial charge in [-0.1, -0.05) is 45.0 Å². The Kier molecular flexibility index (Phi) is 4.88. The van der Waals surface area contributed by atoms with Crippen LogP contribution in [0.15, 0.2) is 34.9 Å². The molecule has 1 atom stereocenters. The highest BCUT2D eigenvalue weighted by atomic mass is 16.3. The highest BCUT2D eigenvalue weighted by molar-refractivity contribution is 5.92. The van der Waals surface area contributed by atoms with E-state index in [1.54, 1.807) is 11.8 Å². The van der Waals surface area contributed by atoms with Crippen LogP contribution in [0.4, 0.5) is 0 Å². The fraction of sp³-hybridized carbons (Fsp3) is 0.421. The summed E-state index contributed by atoms with van der Waals surface area (Å²) in [7, 11) is 0. The molecule has 0 spiro atoms. The first-order chi connectivity index (χ1) is 12.0. The Morgan fingerprint density at radius 3 is 2.44 bits per heavy atom. The van der Waals surface area contributed by atoms with Gasteiger partial charge in [-0.15, -0.1) is 0 Å². The number of carbonyl (C=O) groups is 2. The summed E-state index contributed by atoms with van der Waals surface area (Å²) >= 11 is 0. The van der Waals surface area contributed by atoms with E-state index in [1.807, 2.05) is 38.1 Å². The molecule has 0 bridgehead atoms. The molecule has 0 saturated heterocycles. The molecule has 0 saturated carbocycles. The van der Waals surface area contributed by atoms with Gasteiger partial charge in [0.15, 0.2) is 5.69 Å². The van der Waals surface area contributed by atoms with Gasteiger partial charge in [0, 0.05) is 19.5 Å². The third kappa shape index (κ3) is 3.57. The molecule has 0 fully saturated rings. The van der Waals surface area contributed by atoms with Crippen molar-refractivity contribution in [2.75, 3.05) is 0 Å². The average Bonchev–Trinajstić information content (AvgIpc) is 3.25. The van der Waals surface area contributed by atoms with Gasteiger partial charge in [0.05, 0.1) is 0 Å². The van der Waals surface area contributed by atoms with Crippen molar-refractivity contribution in [3.8, 4) is 0 Å². The van der Waals surface area contributed by atoms with E-state index in [2.05, 4.69) is 10.3 Å². The average molecular weight is 341 g/mol. The van der Waals surface area contributed by atoms with Gasteiger partial charge < -0.3 is 14.6 Å². The molecule has 2 aromatic rings. The Morgan fingerprint density at radius 2 is 1.88 bits per heavy atom. The van der Waals surface area contributed by atoms with Crippen molar-refractivity contribution in [1.82, 2.24) is 15.2 Å². The van der Waals surface area contributed by atoms with Gasteiger partial charge in [-0.3, -0.25) is 9.59 Å². The Bertz CT molecular complexity index is 757. The second-order valence-electron chi connectivity index (χ2n) is 6.64. The summed E-state index contributed by atoms with van der Waals surface area (Å²) in [6, 6.07) is 7.68. The van der Waals surface area contributed by atoms with Gasteiger partial charge >= 0.3 is 0 Å². The number of rotatable bonds is 5. The minimum Gasteiger partial charge on any atom is -0.446 e. The van der Waals surface area contributed by atoms with E-state index in [0.717, 1.165) is 11.1 Å². The summed E-state index contributed by atoms with van der Waals surface area (Å²) in [6.45, 7) is 6.91. The summed E-state index contributed by atoms with van der Waals surface area (Å²) in [5.41, 5.74) is 2.60. The van der Waals surface area contributed by atoms with Crippen LogP contribution in [0.25, 0.3) is 0 Å². The molecule has 0 radical (unpaired) electrons. The van der Waals surface area contributed by atoms with E-state index in [9.17, 15) is 9.59 Å². The first kappa shape index (κ1) is 17.2. The molecule has 6 nitrogen and oxygen atoms in total. The van der Waals surface area contributed by atoms with Crippen LogP contribution in [-0.2, 0) is 17.9 Å². The molecule has 25 heavy (non-hydrogen) atoms. The van der Waals surface area contributed by atoms with Crippen molar-refractivity contribution in [3.63, 3.8) is 0 Å². The Morgan fingerprint density at radius 1 is 1.24 bits per heavy atom. The Balaban J connectivity index is 1.74. The number of benzene rings is 1. The quantitative estimate of drug-likeness (QED) is 0.907. The van der Waals surface area contributed by atoms with Crippen LogP contribution >= 0.6 is 0 Å². The summed E-state index contributed by atoms with van der Waals surface area (Å²) in [4.78, 5) is 30.5. The summed E-state index contributed by atoms with van der Waals surface area (Å²) in [5, 5.41) is 2.90. The standard InChI is InChI=1S/C19H23N3O3/c1-4-16(23)21-17(12(2)3)18-20-15(11-25-18)19(24)22-9-13-7-5-6-8-14(13)10-22/h5-8,11-12,17H,4,9-10H2,1-3H3,(H,21,23)/t17-/m0/s1. The lowest BCUT2D eigenvalue weighted by molar-refractivity contribution is -0.122. The summed E-state index contributed by atoms with van der Waals surface area (Å²) in [5.74, 6) is 0.250. The molecule has 0 unspecified atom stereocenters. The highest BCUT2D eigenvalue weighted by Gasteiger charge is 2.28. The van der Waals surface area contributed by atoms with E-state index in [4.69, 9.17) is 4.42 Å². The number of hydrogen-bond donors (Lipinski definition) is 1. The molecule has 1 N–H and O–H groups in total. The zero-order valence-corrected chi connectivity index (χ0v) is 14.8. The van der Waals surface area contributed by atoms with Crippen LogP contribution in [-0.4, -0.2) is 21.7 Å². The Hall–Kier alpha value is -2.63. The SMILES string of the molecule is CCC(=O)N[C@H](c1nc(C(=O)N2Cc3ccccc3C2)co1)C(C)C. The number of hydrogen-bond acceptors (Lipinski definition) is 4. The highest BCUT2D eigenvalue weighted by Crippen LogP contribution is 2.25. The predicted octanol–water partition coefficient (Wildman–Crippen LogP) is 3.05. The first-order valence-electron chi connectivity index (χ1n) is 8.60. The lowest BCUT2D eigenvalue weighted by Gasteiger charge is -2.18. The van der Waals surface area contributed by atoms with Gasteiger partial charge in [0.2, 0.25) is 11.8 Å². The molecular formula is C19H23N3O3. The number of nitrogens with zero attached hydrogens (tertiary/aromatic N) is 2. The lowest BCUT2D eigenvalue weighted by atomic mass is 10.0. The molecule has 1 aliphatic rings. The van der Waals surface area contributed by atoms with E-state index >= 15 is 0 Å². The minimum atomic E-state index is -0.343. The third-order valence-corrected chi connectivity index (χ3v) is 4.44. The van der Waals surface area contributed by atoms with Crippen LogP contribution in [0.2, 0.25) is 0 Å². The lowest BCUT2D eigenvalue weighted by Crippen LogP contribution is -2.31. The summed E-state index contributed by atoms with van der Waals surface area (Å²) in [6.07, 6.45) is 1.77. The van der Waals surface area contributed by atoms with Crippen molar-refractivity contribution >= 4 is 11.8 Å². The molecule has 6 heteroatoms. The van der Waals surface area contributed by atoms with Crippen LogP contribution < -0.4 is 5.32 Å². The maximum Gasteiger partial charge on any atom is 0.276 e. The first-order valence-corrected chi connectivity index (χ1v) is 8.60. The predicted molar refractivity (Wildman–Crippen MR) is 92.5 cm³/mol. The number of fused-ring (bicyclic) bond motifs is 1. The van der Waals surface area contributed by atoms with Crippen molar-refractivity contribution < 1.29 is 14.0 Å². The molecular weight excluding hydrogens is 318 g/mol. The Labute approximate surface area is 147 Å². The van der Waals surface area contributed by atoms with Gasteiger partial charge in [0.25, 0.3) is 5.91 Å². The van der Waals surface area contributed by atoms with Crippen molar-refractivity contribution in [3.05, 3.63) is 53.2 Å². The van der Waals surface area contributed by atoms with Gasteiger partial charge in [-0.2, -0.15) is 0 Å². The van der Waals surface area contributed by atoms with Crippen LogP contribution in [0, 0.1) is 5.92 Å². The van der Waals surface area contributed by atoms with Crippen LogP contribution in [0.3, 0.4) is 0 Å². The third-order valence-electron chi connectivity index (χ3n) is 4.44. The molecule has 2 amide bonds. The molecule has 1 aromatic heterocycles. The molecule has 2 heterocycles. The van der Waals surface area contributed by atoms with Gasteiger partial charge in [-0.05, 0) is 17.0 Å². The fourth-order valence-electron chi connectivity index (χ4n) is 2.96. The molecule has 132 valence electrons. The number of nitrogens with one attached hydrogen (secondary N) is 1. The molecule has 1 aliphatic heterocycles. The van der Waals surface area contributed by atoms with Gasteiger partial charge in [-0.25, -0.2) is 4.98 Å². The topological polar surface area (TPSA) is 75.4 Å². The van der Waals surface area contributed by atoms with E-state index < -0.39 is 0 Å². The molecule has 1 aromatic carbocycles. The van der Waals surface area contributed by atoms with Crippen LogP contribution in [0.1, 0.15) is 60.7 Å².